The van der Waals surface area contributed by atoms with E-state index in [1.54, 1.807) is 23.9 Å². The van der Waals surface area contributed by atoms with Crippen molar-refractivity contribution in [2.45, 2.75) is 19.0 Å². The molecule has 0 saturated carbocycles. The molecular weight excluding hydrogens is 380 g/mol. The van der Waals surface area contributed by atoms with Crippen LogP contribution in [0.25, 0.3) is 5.69 Å². The molecule has 2 aromatic carbocycles. The van der Waals surface area contributed by atoms with E-state index in [9.17, 15) is 14.9 Å². The number of nitro groups is 1. The van der Waals surface area contributed by atoms with Crippen molar-refractivity contribution in [3.05, 3.63) is 63.7 Å². The maximum Gasteiger partial charge on any atom is 0.269 e. The number of amides is 1. The molecule has 0 N–H and O–H groups in total. The summed E-state index contributed by atoms with van der Waals surface area (Å²) in [4.78, 5) is 24.2. The number of carbonyl (C=O) groups excluding carboxylic acids is 1. The standard InChI is InChI=1S/C18H18N6O3S/c1-12-5-4-6-16(13(12)2)23-18(19-20-21-23)28-11-17(25)22(3)14-7-9-15(10-8-14)24(26)27/h4-10H,11H2,1-3H3. The van der Waals surface area contributed by atoms with Crippen molar-refractivity contribution in [2.75, 3.05) is 17.7 Å². The van der Waals surface area contributed by atoms with Gasteiger partial charge in [0.2, 0.25) is 11.1 Å². The van der Waals surface area contributed by atoms with E-state index in [4.69, 9.17) is 0 Å². The minimum Gasteiger partial charge on any atom is -0.315 e. The summed E-state index contributed by atoms with van der Waals surface area (Å²) in [5, 5.41) is 23.0. The van der Waals surface area contributed by atoms with E-state index >= 15 is 0 Å². The second kappa shape index (κ2) is 8.17. The van der Waals surface area contributed by atoms with E-state index in [0.717, 1.165) is 16.8 Å². The van der Waals surface area contributed by atoms with E-state index < -0.39 is 4.92 Å². The summed E-state index contributed by atoms with van der Waals surface area (Å²) >= 11 is 1.23. The minimum atomic E-state index is -0.478. The Morgan fingerprint density at radius 1 is 1.21 bits per heavy atom. The Hall–Kier alpha value is -3.27. The van der Waals surface area contributed by atoms with Crippen molar-refractivity contribution in [1.29, 1.82) is 0 Å². The molecule has 0 spiro atoms. The number of nitro benzene ring substituents is 1. The second-order valence-corrected chi connectivity index (χ2v) is 7.05. The first-order valence-corrected chi connectivity index (χ1v) is 9.36. The van der Waals surface area contributed by atoms with Crippen molar-refractivity contribution in [3.63, 3.8) is 0 Å². The number of hydrogen-bond donors (Lipinski definition) is 0. The van der Waals surface area contributed by atoms with Gasteiger partial charge in [0.25, 0.3) is 5.69 Å². The van der Waals surface area contributed by atoms with Gasteiger partial charge >= 0.3 is 0 Å². The molecule has 0 aliphatic rings. The molecule has 1 heterocycles. The van der Waals surface area contributed by atoms with Gasteiger partial charge in [-0.25, -0.2) is 0 Å². The number of rotatable bonds is 6. The molecule has 0 aliphatic heterocycles. The van der Waals surface area contributed by atoms with E-state index in [0.29, 0.717) is 10.8 Å². The summed E-state index contributed by atoms with van der Waals surface area (Å²) in [5.74, 6) is -0.0481. The smallest absolute Gasteiger partial charge is 0.269 e. The fraction of sp³-hybridized carbons (Fsp3) is 0.222. The van der Waals surface area contributed by atoms with Gasteiger partial charge in [-0.1, -0.05) is 23.9 Å². The lowest BCUT2D eigenvalue weighted by Crippen LogP contribution is -2.28. The van der Waals surface area contributed by atoms with Gasteiger partial charge in [0.15, 0.2) is 0 Å². The highest BCUT2D eigenvalue weighted by Crippen LogP contribution is 2.24. The molecule has 3 aromatic rings. The lowest BCUT2D eigenvalue weighted by Gasteiger charge is -2.17. The zero-order valence-electron chi connectivity index (χ0n) is 15.6. The van der Waals surface area contributed by atoms with Crippen molar-refractivity contribution in [3.8, 4) is 5.69 Å². The van der Waals surface area contributed by atoms with Crippen molar-refractivity contribution in [2.24, 2.45) is 0 Å². The number of hydrogen-bond acceptors (Lipinski definition) is 7. The van der Waals surface area contributed by atoms with Gasteiger partial charge in [0.05, 0.1) is 16.4 Å². The van der Waals surface area contributed by atoms with Crippen LogP contribution in [0, 0.1) is 24.0 Å². The minimum absolute atomic E-state index is 0.0216. The van der Waals surface area contributed by atoms with Crippen LogP contribution < -0.4 is 4.90 Å². The van der Waals surface area contributed by atoms with Gasteiger partial charge in [-0.15, -0.1) is 5.10 Å². The summed E-state index contributed by atoms with van der Waals surface area (Å²) < 4.78 is 1.62. The molecule has 28 heavy (non-hydrogen) atoms. The monoisotopic (exact) mass is 398 g/mol. The molecule has 144 valence electrons. The van der Waals surface area contributed by atoms with Crippen LogP contribution >= 0.6 is 11.8 Å². The van der Waals surface area contributed by atoms with Crippen LogP contribution in [0.1, 0.15) is 11.1 Å². The fourth-order valence-corrected chi connectivity index (χ4v) is 3.35. The number of nitrogens with zero attached hydrogens (tertiary/aromatic N) is 6. The number of aromatic nitrogens is 4. The number of non-ortho nitro benzene ring substituents is 1. The summed E-state index contributed by atoms with van der Waals surface area (Å²) in [6.07, 6.45) is 0. The summed E-state index contributed by atoms with van der Waals surface area (Å²) in [5.41, 5.74) is 3.60. The van der Waals surface area contributed by atoms with Gasteiger partial charge in [-0.2, -0.15) is 4.68 Å². The zero-order valence-corrected chi connectivity index (χ0v) is 16.4. The summed E-state index contributed by atoms with van der Waals surface area (Å²) in [7, 11) is 1.62. The second-order valence-electron chi connectivity index (χ2n) is 6.11. The average molecular weight is 398 g/mol. The van der Waals surface area contributed by atoms with Gasteiger partial charge in [0.1, 0.15) is 0 Å². The zero-order chi connectivity index (χ0) is 20.3. The van der Waals surface area contributed by atoms with Crippen LogP contribution in [0.15, 0.2) is 47.6 Å². The SMILES string of the molecule is Cc1cccc(-n2nnnc2SCC(=O)N(C)c2ccc([N+](=O)[O-])cc2)c1C. The number of anilines is 1. The van der Waals surface area contributed by atoms with Crippen LogP contribution in [-0.4, -0.2) is 43.8 Å². The van der Waals surface area contributed by atoms with E-state index in [2.05, 4.69) is 15.5 Å². The molecular formula is C18H18N6O3S. The van der Waals surface area contributed by atoms with Crippen LogP contribution in [0.2, 0.25) is 0 Å². The van der Waals surface area contributed by atoms with Gasteiger partial charge in [-0.3, -0.25) is 14.9 Å². The topological polar surface area (TPSA) is 107 Å². The molecule has 0 bridgehead atoms. The molecule has 1 amide bonds. The third kappa shape index (κ3) is 4.01. The first-order chi connectivity index (χ1) is 13.4. The highest BCUT2D eigenvalue weighted by atomic mass is 32.2. The fourth-order valence-electron chi connectivity index (χ4n) is 2.55. The Bertz CT molecular complexity index is 1020. The Morgan fingerprint density at radius 2 is 1.93 bits per heavy atom. The van der Waals surface area contributed by atoms with E-state index in [1.807, 2.05) is 32.0 Å². The summed E-state index contributed by atoms with van der Waals surface area (Å²) in [6, 6.07) is 11.7. The van der Waals surface area contributed by atoms with Crippen LogP contribution in [0.5, 0.6) is 0 Å². The maximum atomic E-state index is 12.5. The number of tetrazole rings is 1. The van der Waals surface area contributed by atoms with Crippen molar-refractivity contribution >= 4 is 29.0 Å². The molecule has 0 unspecified atom stereocenters. The Kier molecular flexibility index (Phi) is 5.69. The predicted molar refractivity (Wildman–Crippen MR) is 106 cm³/mol. The molecule has 0 saturated heterocycles. The molecule has 0 atom stereocenters. The van der Waals surface area contributed by atoms with E-state index in [-0.39, 0.29) is 17.3 Å². The van der Waals surface area contributed by atoms with Crippen molar-refractivity contribution in [1.82, 2.24) is 20.2 Å². The molecule has 3 rings (SSSR count). The van der Waals surface area contributed by atoms with E-state index in [1.165, 1.54) is 28.8 Å². The largest absolute Gasteiger partial charge is 0.315 e. The number of thioether (sulfide) groups is 1. The molecule has 0 aliphatic carbocycles. The van der Waals surface area contributed by atoms with Crippen LogP contribution in [0.4, 0.5) is 11.4 Å². The predicted octanol–water partition coefficient (Wildman–Crippen LogP) is 2.94. The lowest BCUT2D eigenvalue weighted by atomic mass is 10.1. The number of carbonyl (C=O) groups is 1. The third-order valence-electron chi connectivity index (χ3n) is 4.39. The van der Waals surface area contributed by atoms with Gasteiger partial charge in [-0.05, 0) is 53.6 Å². The molecule has 1 aromatic heterocycles. The third-order valence-corrected chi connectivity index (χ3v) is 5.30. The first-order valence-electron chi connectivity index (χ1n) is 8.37. The van der Waals surface area contributed by atoms with Crippen LogP contribution in [0.3, 0.4) is 0 Å². The molecule has 0 fully saturated rings. The first kappa shape index (κ1) is 19.5. The summed E-state index contributed by atoms with van der Waals surface area (Å²) in [6.45, 7) is 4.01. The Balaban J connectivity index is 1.71. The highest BCUT2D eigenvalue weighted by molar-refractivity contribution is 7.99. The normalized spacial score (nSPS) is 10.7. The lowest BCUT2D eigenvalue weighted by molar-refractivity contribution is -0.384. The molecule has 10 heteroatoms. The van der Waals surface area contributed by atoms with Crippen molar-refractivity contribution < 1.29 is 9.72 Å². The Morgan fingerprint density at radius 3 is 2.61 bits per heavy atom. The number of benzene rings is 2. The molecule has 9 nitrogen and oxygen atoms in total. The quantitative estimate of drug-likeness (QED) is 0.357. The highest BCUT2D eigenvalue weighted by Gasteiger charge is 2.17. The average Bonchev–Trinajstić information content (AvgIpc) is 3.16. The van der Waals surface area contributed by atoms with Gasteiger partial charge < -0.3 is 4.90 Å². The molecule has 0 radical (unpaired) electrons. The Labute approximate surface area is 165 Å². The van der Waals surface area contributed by atoms with Gasteiger partial charge in [0, 0.05) is 24.9 Å². The number of aryl methyl sites for hydroxylation is 1. The van der Waals surface area contributed by atoms with Crippen LogP contribution in [-0.2, 0) is 4.79 Å². The maximum absolute atomic E-state index is 12.5.